The summed E-state index contributed by atoms with van der Waals surface area (Å²) in [5.41, 5.74) is 2.46. The van der Waals surface area contributed by atoms with Gasteiger partial charge in [0.05, 0.1) is 0 Å². The Bertz CT molecular complexity index is 546. The molecular weight excluding hydrogens is 226 g/mol. The second-order valence-electron chi connectivity index (χ2n) is 4.71. The molecule has 94 valence electrons. The van der Waals surface area contributed by atoms with E-state index >= 15 is 0 Å². The molecule has 0 fully saturated rings. The number of hydrogen-bond donors (Lipinski definition) is 1. The highest BCUT2D eigenvalue weighted by atomic mass is 15.3. The maximum Gasteiger partial charge on any atom is 0.153 e. The van der Waals surface area contributed by atoms with Crippen LogP contribution in [0.4, 0.5) is 11.6 Å². The molecule has 0 saturated carbocycles. The van der Waals surface area contributed by atoms with E-state index in [1.165, 1.54) is 30.5 Å². The van der Waals surface area contributed by atoms with E-state index in [4.69, 9.17) is 0 Å². The topological polar surface area (TPSA) is 55.6 Å². The summed E-state index contributed by atoms with van der Waals surface area (Å²) in [5.74, 6) is 1.75. The van der Waals surface area contributed by atoms with Crippen LogP contribution in [0.15, 0.2) is 18.6 Å². The average molecular weight is 243 g/mol. The first-order valence-electron chi connectivity index (χ1n) is 6.42. The number of aromatic nitrogens is 4. The molecule has 2 aromatic heterocycles. The number of fused-ring (bicyclic) bond motifs is 1. The predicted molar refractivity (Wildman–Crippen MR) is 69.8 cm³/mol. The van der Waals surface area contributed by atoms with E-state index in [0.717, 1.165) is 24.5 Å². The SMILES string of the molecule is Cn1ccc(Nc2ncnc3c2CCCCC3)n1. The molecule has 1 aliphatic rings. The van der Waals surface area contributed by atoms with Crippen molar-refractivity contribution < 1.29 is 0 Å². The van der Waals surface area contributed by atoms with Crippen LogP contribution in [-0.2, 0) is 19.9 Å². The van der Waals surface area contributed by atoms with Crippen molar-refractivity contribution in [2.75, 3.05) is 5.32 Å². The second-order valence-corrected chi connectivity index (χ2v) is 4.71. The minimum absolute atomic E-state index is 0.836. The third-order valence-electron chi connectivity index (χ3n) is 3.34. The predicted octanol–water partition coefficient (Wildman–Crippen LogP) is 2.22. The quantitative estimate of drug-likeness (QED) is 0.822. The molecule has 1 N–H and O–H groups in total. The van der Waals surface area contributed by atoms with Crippen molar-refractivity contribution in [1.29, 1.82) is 0 Å². The van der Waals surface area contributed by atoms with Crippen LogP contribution in [0.1, 0.15) is 30.5 Å². The van der Waals surface area contributed by atoms with Crippen LogP contribution in [0, 0.1) is 0 Å². The number of anilines is 2. The molecule has 0 aliphatic heterocycles. The van der Waals surface area contributed by atoms with Crippen LogP contribution < -0.4 is 5.32 Å². The fraction of sp³-hybridized carbons (Fsp3) is 0.462. The van der Waals surface area contributed by atoms with Crippen LogP contribution >= 0.6 is 0 Å². The van der Waals surface area contributed by atoms with Crippen LogP contribution in [0.5, 0.6) is 0 Å². The smallest absolute Gasteiger partial charge is 0.153 e. The molecule has 3 rings (SSSR count). The molecule has 2 heterocycles. The zero-order valence-electron chi connectivity index (χ0n) is 10.6. The molecule has 18 heavy (non-hydrogen) atoms. The third kappa shape index (κ3) is 2.20. The molecule has 5 nitrogen and oxygen atoms in total. The summed E-state index contributed by atoms with van der Waals surface area (Å²) in [7, 11) is 1.91. The van der Waals surface area contributed by atoms with Crippen molar-refractivity contribution in [3.63, 3.8) is 0 Å². The van der Waals surface area contributed by atoms with Crippen LogP contribution in [0.3, 0.4) is 0 Å². The third-order valence-corrected chi connectivity index (χ3v) is 3.34. The lowest BCUT2D eigenvalue weighted by atomic mass is 10.1. The van der Waals surface area contributed by atoms with Gasteiger partial charge in [0.15, 0.2) is 5.82 Å². The normalized spacial score (nSPS) is 14.9. The molecule has 2 aromatic rings. The summed E-state index contributed by atoms with van der Waals surface area (Å²) in [6.07, 6.45) is 9.42. The van der Waals surface area contributed by atoms with Gasteiger partial charge in [0.2, 0.25) is 0 Å². The first-order valence-corrected chi connectivity index (χ1v) is 6.42. The number of aryl methyl sites for hydroxylation is 2. The Morgan fingerprint density at radius 2 is 2.06 bits per heavy atom. The highest BCUT2D eigenvalue weighted by Gasteiger charge is 2.14. The summed E-state index contributed by atoms with van der Waals surface area (Å²) < 4.78 is 1.78. The first-order chi connectivity index (χ1) is 8.83. The fourth-order valence-electron chi connectivity index (χ4n) is 2.41. The van der Waals surface area contributed by atoms with Crippen molar-refractivity contribution in [3.8, 4) is 0 Å². The van der Waals surface area contributed by atoms with E-state index < -0.39 is 0 Å². The van der Waals surface area contributed by atoms with Gasteiger partial charge in [-0.15, -0.1) is 0 Å². The van der Waals surface area contributed by atoms with E-state index in [2.05, 4.69) is 20.4 Å². The highest BCUT2D eigenvalue weighted by molar-refractivity contribution is 5.56. The molecule has 0 saturated heterocycles. The summed E-state index contributed by atoms with van der Waals surface area (Å²) in [6, 6.07) is 1.95. The number of nitrogens with zero attached hydrogens (tertiary/aromatic N) is 4. The van der Waals surface area contributed by atoms with Gasteiger partial charge in [-0.05, 0) is 25.7 Å². The van der Waals surface area contributed by atoms with Crippen LogP contribution in [0.25, 0.3) is 0 Å². The highest BCUT2D eigenvalue weighted by Crippen LogP contribution is 2.25. The van der Waals surface area contributed by atoms with Gasteiger partial charge in [-0.25, -0.2) is 9.97 Å². The van der Waals surface area contributed by atoms with E-state index in [-0.39, 0.29) is 0 Å². The molecule has 0 unspecified atom stereocenters. The summed E-state index contributed by atoms with van der Waals surface area (Å²) in [4.78, 5) is 8.78. The van der Waals surface area contributed by atoms with Gasteiger partial charge in [-0.3, -0.25) is 4.68 Å². The van der Waals surface area contributed by atoms with Gasteiger partial charge in [-0.1, -0.05) is 6.42 Å². The fourth-order valence-corrected chi connectivity index (χ4v) is 2.41. The molecule has 0 amide bonds. The Hall–Kier alpha value is -1.91. The molecule has 0 bridgehead atoms. The molecular formula is C13H17N5. The minimum Gasteiger partial charge on any atom is -0.323 e. The standard InChI is InChI=1S/C13H17N5/c1-18-8-7-12(17-18)16-13-10-5-3-2-4-6-11(10)14-9-15-13/h7-9H,2-6H2,1H3,(H,14,15,16,17). The lowest BCUT2D eigenvalue weighted by molar-refractivity contribution is 0.709. The van der Waals surface area contributed by atoms with E-state index in [1.807, 2.05) is 19.3 Å². The Morgan fingerprint density at radius 3 is 2.89 bits per heavy atom. The van der Waals surface area contributed by atoms with E-state index in [0.29, 0.717) is 0 Å². The maximum atomic E-state index is 4.41. The second kappa shape index (κ2) is 4.76. The Morgan fingerprint density at radius 1 is 1.17 bits per heavy atom. The molecule has 5 heteroatoms. The average Bonchev–Trinajstić information content (AvgIpc) is 2.65. The Kier molecular flexibility index (Phi) is 2.96. The number of hydrogen-bond acceptors (Lipinski definition) is 4. The monoisotopic (exact) mass is 243 g/mol. The van der Waals surface area contributed by atoms with Crippen molar-refractivity contribution in [2.24, 2.45) is 7.05 Å². The molecule has 0 aromatic carbocycles. The zero-order chi connectivity index (χ0) is 12.4. The molecule has 0 radical (unpaired) electrons. The Labute approximate surface area is 106 Å². The van der Waals surface area contributed by atoms with Gasteiger partial charge < -0.3 is 5.32 Å². The lowest BCUT2D eigenvalue weighted by Crippen LogP contribution is -2.04. The van der Waals surface area contributed by atoms with Crippen LogP contribution in [0.2, 0.25) is 0 Å². The zero-order valence-corrected chi connectivity index (χ0v) is 10.6. The van der Waals surface area contributed by atoms with Crippen molar-refractivity contribution in [2.45, 2.75) is 32.1 Å². The number of nitrogens with one attached hydrogen (secondary N) is 1. The van der Waals surface area contributed by atoms with Gasteiger partial charge in [0, 0.05) is 30.6 Å². The van der Waals surface area contributed by atoms with Crippen molar-refractivity contribution in [1.82, 2.24) is 19.7 Å². The van der Waals surface area contributed by atoms with Gasteiger partial charge in [0.1, 0.15) is 12.1 Å². The summed E-state index contributed by atoms with van der Waals surface area (Å²) in [6.45, 7) is 0. The summed E-state index contributed by atoms with van der Waals surface area (Å²) in [5, 5.41) is 7.62. The van der Waals surface area contributed by atoms with Crippen molar-refractivity contribution >= 4 is 11.6 Å². The number of rotatable bonds is 2. The minimum atomic E-state index is 0.836. The summed E-state index contributed by atoms with van der Waals surface area (Å²) >= 11 is 0. The van der Waals surface area contributed by atoms with Crippen LogP contribution in [-0.4, -0.2) is 19.7 Å². The first kappa shape index (κ1) is 11.2. The van der Waals surface area contributed by atoms with Gasteiger partial charge in [0.25, 0.3) is 0 Å². The Balaban J connectivity index is 1.92. The molecule has 1 aliphatic carbocycles. The van der Waals surface area contributed by atoms with Gasteiger partial charge >= 0.3 is 0 Å². The lowest BCUT2D eigenvalue weighted by Gasteiger charge is -2.10. The van der Waals surface area contributed by atoms with E-state index in [9.17, 15) is 0 Å². The maximum absolute atomic E-state index is 4.41. The largest absolute Gasteiger partial charge is 0.323 e. The molecule has 0 spiro atoms. The molecule has 0 atom stereocenters. The van der Waals surface area contributed by atoms with E-state index in [1.54, 1.807) is 11.0 Å². The van der Waals surface area contributed by atoms with Crippen molar-refractivity contribution in [3.05, 3.63) is 29.8 Å². The van der Waals surface area contributed by atoms with Gasteiger partial charge in [-0.2, -0.15) is 5.10 Å².